The van der Waals surface area contributed by atoms with Crippen LogP contribution in [-0.2, 0) is 0 Å². The maximum Gasteiger partial charge on any atom is 0.371 e. The molecule has 1 aromatic heterocycles. The van der Waals surface area contributed by atoms with Crippen molar-refractivity contribution >= 4 is 33.5 Å². The number of carboxylic acid groups (broad SMARTS) is 1. The third-order valence-corrected chi connectivity index (χ3v) is 4.28. The molecule has 0 saturated heterocycles. The Hall–Kier alpha value is -2.86. The van der Waals surface area contributed by atoms with Crippen LogP contribution in [-0.4, -0.2) is 17.0 Å². The van der Waals surface area contributed by atoms with Gasteiger partial charge in [0.15, 0.2) is 0 Å². The molecule has 1 heterocycles. The van der Waals surface area contributed by atoms with Crippen LogP contribution in [0.1, 0.15) is 26.5 Å². The normalized spacial score (nSPS) is 10.5. The molecule has 5 nitrogen and oxygen atoms in total. The molecule has 0 bridgehead atoms. The predicted octanol–water partition coefficient (Wildman–Crippen LogP) is 4.97. The van der Waals surface area contributed by atoms with Gasteiger partial charge in [-0.05, 0) is 65.3 Å². The van der Waals surface area contributed by atoms with Crippen molar-refractivity contribution < 1.29 is 19.1 Å². The summed E-state index contributed by atoms with van der Waals surface area (Å²) in [7, 11) is 0. The number of nitrogens with one attached hydrogen (secondary N) is 1. The molecule has 6 heteroatoms. The van der Waals surface area contributed by atoms with Gasteiger partial charge in [0, 0.05) is 21.3 Å². The number of carboxylic acids is 1. The maximum atomic E-state index is 12.3. The molecule has 0 aliphatic carbocycles. The minimum Gasteiger partial charge on any atom is -0.475 e. The van der Waals surface area contributed by atoms with Gasteiger partial charge in [-0.1, -0.05) is 17.7 Å². The van der Waals surface area contributed by atoms with E-state index in [2.05, 4.69) is 21.2 Å². The zero-order valence-electron chi connectivity index (χ0n) is 13.2. The van der Waals surface area contributed by atoms with Crippen molar-refractivity contribution in [3.05, 3.63) is 76.0 Å². The highest BCUT2D eigenvalue weighted by molar-refractivity contribution is 9.10. The highest BCUT2D eigenvalue weighted by Gasteiger charge is 2.13. The van der Waals surface area contributed by atoms with E-state index in [0.29, 0.717) is 27.0 Å². The van der Waals surface area contributed by atoms with E-state index in [0.717, 1.165) is 5.56 Å². The van der Waals surface area contributed by atoms with Gasteiger partial charge < -0.3 is 14.8 Å². The molecule has 0 fully saturated rings. The molecule has 0 aliphatic rings. The lowest BCUT2D eigenvalue weighted by Gasteiger charge is -2.08. The van der Waals surface area contributed by atoms with Gasteiger partial charge >= 0.3 is 5.97 Å². The molecular weight excluding hydrogens is 386 g/mol. The van der Waals surface area contributed by atoms with Crippen LogP contribution in [0.3, 0.4) is 0 Å². The van der Waals surface area contributed by atoms with E-state index in [-0.39, 0.29) is 11.7 Å². The summed E-state index contributed by atoms with van der Waals surface area (Å²) >= 11 is 3.43. The Bertz CT molecular complexity index is 944. The minimum atomic E-state index is -1.12. The molecule has 0 radical (unpaired) electrons. The molecule has 0 spiro atoms. The highest BCUT2D eigenvalue weighted by Crippen LogP contribution is 2.32. The summed E-state index contributed by atoms with van der Waals surface area (Å²) in [6.07, 6.45) is 0. The Kier molecular flexibility index (Phi) is 4.72. The number of carbonyl (C=O) groups is 2. The van der Waals surface area contributed by atoms with Gasteiger partial charge in [-0.25, -0.2) is 4.79 Å². The van der Waals surface area contributed by atoms with Crippen molar-refractivity contribution in [2.45, 2.75) is 6.92 Å². The summed E-state index contributed by atoms with van der Waals surface area (Å²) in [5.41, 5.74) is 2.97. The Morgan fingerprint density at radius 3 is 2.36 bits per heavy atom. The summed E-state index contributed by atoms with van der Waals surface area (Å²) in [6.45, 7) is 1.96. The van der Waals surface area contributed by atoms with Gasteiger partial charge in [-0.3, -0.25) is 4.79 Å². The van der Waals surface area contributed by atoms with Crippen LogP contribution >= 0.6 is 15.9 Å². The maximum absolute atomic E-state index is 12.3. The standard InChI is InChI=1S/C19H14BrNO4/c1-11-2-4-12(5-3-11)18(22)21-13-6-7-14(15(20)10-13)16-8-9-17(25-16)19(23)24/h2-10H,1H3,(H,21,22)(H,23,24). The molecule has 0 saturated carbocycles. The van der Waals surface area contributed by atoms with Crippen molar-refractivity contribution in [3.8, 4) is 11.3 Å². The van der Waals surface area contributed by atoms with Gasteiger partial charge in [0.25, 0.3) is 5.91 Å². The Balaban J connectivity index is 1.80. The third kappa shape index (κ3) is 3.80. The Morgan fingerprint density at radius 2 is 1.76 bits per heavy atom. The molecule has 2 N–H and O–H groups in total. The van der Waals surface area contributed by atoms with Crippen molar-refractivity contribution in [1.82, 2.24) is 0 Å². The molecule has 2 aromatic carbocycles. The summed E-state index contributed by atoms with van der Waals surface area (Å²) in [6, 6.07) is 15.5. The number of benzene rings is 2. The first-order valence-corrected chi connectivity index (χ1v) is 8.24. The van der Waals surface area contributed by atoms with Crippen LogP contribution in [0.15, 0.2) is 63.5 Å². The van der Waals surface area contributed by atoms with Gasteiger partial charge in [0.2, 0.25) is 5.76 Å². The van der Waals surface area contributed by atoms with Gasteiger partial charge in [0.05, 0.1) is 0 Å². The number of hydrogen-bond acceptors (Lipinski definition) is 3. The second-order valence-corrected chi connectivity index (χ2v) is 6.34. The molecular formula is C19H14BrNO4. The quantitative estimate of drug-likeness (QED) is 0.648. The number of hydrogen-bond donors (Lipinski definition) is 2. The monoisotopic (exact) mass is 399 g/mol. The number of rotatable bonds is 4. The highest BCUT2D eigenvalue weighted by atomic mass is 79.9. The van der Waals surface area contributed by atoms with Gasteiger partial charge in [-0.2, -0.15) is 0 Å². The third-order valence-electron chi connectivity index (χ3n) is 3.62. The lowest BCUT2D eigenvalue weighted by molar-refractivity contribution is 0.0663. The molecule has 1 amide bonds. The molecule has 0 aliphatic heterocycles. The number of furan rings is 1. The van der Waals surface area contributed by atoms with E-state index in [1.807, 2.05) is 19.1 Å². The number of aryl methyl sites for hydroxylation is 1. The largest absolute Gasteiger partial charge is 0.475 e. The van der Waals surface area contributed by atoms with Crippen LogP contribution in [0, 0.1) is 6.92 Å². The minimum absolute atomic E-state index is 0.126. The first kappa shape index (κ1) is 17.0. The van der Waals surface area contributed by atoms with Crippen molar-refractivity contribution in [2.75, 3.05) is 5.32 Å². The van der Waals surface area contributed by atoms with Gasteiger partial charge in [-0.15, -0.1) is 0 Å². The second-order valence-electron chi connectivity index (χ2n) is 5.48. The number of anilines is 1. The summed E-state index contributed by atoms with van der Waals surface area (Å²) < 4.78 is 5.98. The van der Waals surface area contributed by atoms with E-state index in [1.54, 1.807) is 36.4 Å². The van der Waals surface area contributed by atoms with Gasteiger partial charge in [0.1, 0.15) is 5.76 Å². The van der Waals surface area contributed by atoms with Crippen molar-refractivity contribution in [1.29, 1.82) is 0 Å². The van der Waals surface area contributed by atoms with Crippen LogP contribution < -0.4 is 5.32 Å². The fourth-order valence-electron chi connectivity index (χ4n) is 2.30. The fourth-order valence-corrected chi connectivity index (χ4v) is 2.87. The van der Waals surface area contributed by atoms with E-state index in [4.69, 9.17) is 9.52 Å². The Morgan fingerprint density at radius 1 is 1.04 bits per heavy atom. The average Bonchev–Trinajstić information content (AvgIpc) is 3.05. The number of carbonyl (C=O) groups excluding carboxylic acids is 1. The molecule has 25 heavy (non-hydrogen) atoms. The van der Waals surface area contributed by atoms with Crippen molar-refractivity contribution in [3.63, 3.8) is 0 Å². The molecule has 0 unspecified atom stereocenters. The first-order chi connectivity index (χ1) is 11.9. The average molecular weight is 400 g/mol. The van der Waals surface area contributed by atoms with E-state index in [1.165, 1.54) is 6.07 Å². The second kappa shape index (κ2) is 6.94. The summed E-state index contributed by atoms with van der Waals surface area (Å²) in [4.78, 5) is 23.2. The number of aromatic carboxylic acids is 1. The first-order valence-electron chi connectivity index (χ1n) is 7.45. The van der Waals surface area contributed by atoms with E-state index < -0.39 is 5.97 Å². The summed E-state index contributed by atoms with van der Waals surface area (Å²) in [5, 5.41) is 11.8. The molecule has 3 rings (SSSR count). The Labute approximate surface area is 152 Å². The number of halogens is 1. The molecule has 0 atom stereocenters. The SMILES string of the molecule is Cc1ccc(C(=O)Nc2ccc(-c3ccc(C(=O)O)o3)c(Br)c2)cc1. The topological polar surface area (TPSA) is 79.5 Å². The van der Waals surface area contributed by atoms with Crippen molar-refractivity contribution in [2.24, 2.45) is 0 Å². The molecule has 126 valence electrons. The van der Waals surface area contributed by atoms with E-state index >= 15 is 0 Å². The van der Waals surface area contributed by atoms with E-state index in [9.17, 15) is 9.59 Å². The van der Waals surface area contributed by atoms with Crippen LogP contribution in [0.4, 0.5) is 5.69 Å². The smallest absolute Gasteiger partial charge is 0.371 e. The predicted molar refractivity (Wildman–Crippen MR) is 97.9 cm³/mol. The van der Waals surface area contributed by atoms with Crippen LogP contribution in [0.25, 0.3) is 11.3 Å². The zero-order valence-corrected chi connectivity index (χ0v) is 14.8. The lowest BCUT2D eigenvalue weighted by atomic mass is 10.1. The lowest BCUT2D eigenvalue weighted by Crippen LogP contribution is -2.11. The zero-order chi connectivity index (χ0) is 18.0. The van der Waals surface area contributed by atoms with Crippen LogP contribution in [0.2, 0.25) is 0 Å². The summed E-state index contributed by atoms with van der Waals surface area (Å²) in [5.74, 6) is -1.02. The fraction of sp³-hybridized carbons (Fsp3) is 0.0526. The molecule has 3 aromatic rings. The van der Waals surface area contributed by atoms with Crippen LogP contribution in [0.5, 0.6) is 0 Å². The number of amides is 1.